The zero-order chi connectivity index (χ0) is 17.7. The fourth-order valence-corrected chi connectivity index (χ4v) is 2.40. The molecular weight excluding hydrogens is 305 g/mol. The van der Waals surface area contributed by atoms with Gasteiger partial charge in [-0.3, -0.25) is 4.98 Å². The molecule has 0 aliphatic heterocycles. The van der Waals surface area contributed by atoms with Crippen LogP contribution in [0.4, 0.5) is 9.18 Å². The molecular formula is C19H24FN3O. The van der Waals surface area contributed by atoms with Gasteiger partial charge in [0.2, 0.25) is 0 Å². The Bertz CT molecular complexity index is 718. The second kappa shape index (κ2) is 7.90. The summed E-state index contributed by atoms with van der Waals surface area (Å²) in [7, 11) is 1.76. The lowest BCUT2D eigenvalue weighted by atomic mass is 10.1. The molecule has 2 aromatic rings. The highest BCUT2D eigenvalue weighted by atomic mass is 19.1. The van der Waals surface area contributed by atoms with Gasteiger partial charge in [0, 0.05) is 37.9 Å². The van der Waals surface area contributed by atoms with Gasteiger partial charge >= 0.3 is 6.03 Å². The Balaban J connectivity index is 1.89. The molecule has 0 spiro atoms. The number of nitrogens with one attached hydrogen (secondary N) is 1. The predicted octanol–water partition coefficient (Wildman–Crippen LogP) is 3.61. The number of rotatable bonds is 5. The molecule has 0 fully saturated rings. The lowest BCUT2D eigenvalue weighted by Crippen LogP contribution is -2.43. The summed E-state index contributed by atoms with van der Waals surface area (Å²) in [6.45, 7) is 6.02. The van der Waals surface area contributed by atoms with E-state index in [1.165, 1.54) is 6.07 Å². The first kappa shape index (κ1) is 17.9. The summed E-state index contributed by atoms with van der Waals surface area (Å²) >= 11 is 0. The maximum Gasteiger partial charge on any atom is 0.317 e. The van der Waals surface area contributed by atoms with Crippen LogP contribution in [0.3, 0.4) is 0 Å². The summed E-state index contributed by atoms with van der Waals surface area (Å²) in [5.74, 6) is -0.256. The minimum atomic E-state index is -0.256. The molecule has 0 radical (unpaired) electrons. The van der Waals surface area contributed by atoms with Crippen LogP contribution in [0.5, 0.6) is 0 Å². The number of hydrogen-bond donors (Lipinski definition) is 1. The van der Waals surface area contributed by atoms with E-state index in [9.17, 15) is 9.18 Å². The molecule has 0 aliphatic carbocycles. The highest BCUT2D eigenvalue weighted by molar-refractivity contribution is 5.74. The van der Waals surface area contributed by atoms with Crippen molar-refractivity contribution >= 4 is 6.03 Å². The summed E-state index contributed by atoms with van der Waals surface area (Å²) in [6.07, 6.45) is 2.47. The predicted molar refractivity (Wildman–Crippen MR) is 93.3 cm³/mol. The van der Waals surface area contributed by atoms with E-state index < -0.39 is 0 Å². The molecule has 1 aromatic carbocycles. The Morgan fingerprint density at radius 1 is 1.29 bits per heavy atom. The van der Waals surface area contributed by atoms with Gasteiger partial charge in [-0.05, 0) is 55.7 Å². The van der Waals surface area contributed by atoms with E-state index in [1.807, 2.05) is 32.0 Å². The van der Waals surface area contributed by atoms with E-state index in [-0.39, 0.29) is 17.9 Å². The van der Waals surface area contributed by atoms with Crippen molar-refractivity contribution in [3.05, 3.63) is 64.7 Å². The van der Waals surface area contributed by atoms with Crippen LogP contribution in [-0.2, 0) is 13.0 Å². The summed E-state index contributed by atoms with van der Waals surface area (Å²) in [5, 5.41) is 2.82. The van der Waals surface area contributed by atoms with Crippen molar-refractivity contribution in [2.45, 2.75) is 39.8 Å². The Labute approximate surface area is 142 Å². The summed E-state index contributed by atoms with van der Waals surface area (Å²) in [6, 6.07) is 8.79. The molecule has 24 heavy (non-hydrogen) atoms. The normalized spacial score (nSPS) is 11.9. The summed E-state index contributed by atoms with van der Waals surface area (Å²) < 4.78 is 13.5. The van der Waals surface area contributed by atoms with Crippen LogP contribution in [0.2, 0.25) is 0 Å². The molecule has 1 heterocycles. The molecule has 5 heteroatoms. The lowest BCUT2D eigenvalue weighted by Gasteiger charge is -2.25. The fourth-order valence-electron chi connectivity index (χ4n) is 2.40. The van der Waals surface area contributed by atoms with Gasteiger partial charge in [-0.25, -0.2) is 9.18 Å². The number of hydrogen-bond acceptors (Lipinski definition) is 2. The molecule has 1 atom stereocenters. The Kier molecular flexibility index (Phi) is 5.90. The maximum atomic E-state index is 13.5. The number of benzene rings is 1. The molecule has 1 aromatic heterocycles. The van der Waals surface area contributed by atoms with Crippen molar-refractivity contribution in [2.24, 2.45) is 0 Å². The van der Waals surface area contributed by atoms with Crippen LogP contribution in [-0.4, -0.2) is 29.0 Å². The average Bonchev–Trinajstić information content (AvgIpc) is 2.55. The number of halogens is 1. The van der Waals surface area contributed by atoms with Gasteiger partial charge in [0.15, 0.2) is 0 Å². The van der Waals surface area contributed by atoms with Crippen molar-refractivity contribution in [3.8, 4) is 0 Å². The highest BCUT2D eigenvalue weighted by Crippen LogP contribution is 2.10. The van der Waals surface area contributed by atoms with E-state index in [2.05, 4.69) is 10.3 Å². The van der Waals surface area contributed by atoms with Gasteiger partial charge in [-0.2, -0.15) is 0 Å². The van der Waals surface area contributed by atoms with Crippen molar-refractivity contribution in [3.63, 3.8) is 0 Å². The second-order valence-corrected chi connectivity index (χ2v) is 6.23. The number of amides is 2. The molecule has 0 saturated carbocycles. The van der Waals surface area contributed by atoms with E-state index >= 15 is 0 Å². The highest BCUT2D eigenvalue weighted by Gasteiger charge is 2.16. The van der Waals surface area contributed by atoms with E-state index in [4.69, 9.17) is 0 Å². The molecule has 0 aliphatic rings. The second-order valence-electron chi connectivity index (χ2n) is 6.23. The quantitative estimate of drug-likeness (QED) is 0.911. The van der Waals surface area contributed by atoms with Gasteiger partial charge in [-0.1, -0.05) is 12.1 Å². The number of aryl methyl sites for hydroxylation is 2. The van der Waals surface area contributed by atoms with Crippen LogP contribution in [0.1, 0.15) is 29.3 Å². The van der Waals surface area contributed by atoms with Gasteiger partial charge in [-0.15, -0.1) is 0 Å². The van der Waals surface area contributed by atoms with E-state index in [0.717, 1.165) is 16.8 Å². The number of nitrogens with zero attached hydrogens (tertiary/aromatic N) is 2. The molecule has 128 valence electrons. The number of urea groups is 1. The van der Waals surface area contributed by atoms with Crippen molar-refractivity contribution in [1.29, 1.82) is 0 Å². The Morgan fingerprint density at radius 3 is 2.71 bits per heavy atom. The smallest absolute Gasteiger partial charge is 0.317 e. The lowest BCUT2D eigenvalue weighted by molar-refractivity contribution is 0.193. The van der Waals surface area contributed by atoms with Crippen LogP contribution < -0.4 is 5.32 Å². The summed E-state index contributed by atoms with van der Waals surface area (Å²) in [5.41, 5.74) is 3.46. The first-order chi connectivity index (χ1) is 11.4. The largest absolute Gasteiger partial charge is 0.334 e. The van der Waals surface area contributed by atoms with Gasteiger partial charge in [0.1, 0.15) is 5.82 Å². The average molecular weight is 329 g/mol. The number of likely N-dealkylation sites (N-methyl/N-ethyl adjacent to an activating group) is 1. The Hall–Kier alpha value is -2.43. The third-order valence-corrected chi connectivity index (χ3v) is 4.14. The van der Waals surface area contributed by atoms with Crippen LogP contribution >= 0.6 is 0 Å². The first-order valence-corrected chi connectivity index (χ1v) is 8.04. The summed E-state index contributed by atoms with van der Waals surface area (Å²) in [4.78, 5) is 18.2. The third kappa shape index (κ3) is 4.78. The van der Waals surface area contributed by atoms with Crippen LogP contribution in [0, 0.1) is 19.7 Å². The zero-order valence-electron chi connectivity index (χ0n) is 14.6. The van der Waals surface area contributed by atoms with E-state index in [0.29, 0.717) is 18.5 Å². The topological polar surface area (TPSA) is 45.2 Å². The maximum absolute atomic E-state index is 13.5. The van der Waals surface area contributed by atoms with Crippen molar-refractivity contribution in [1.82, 2.24) is 15.2 Å². The minimum absolute atomic E-state index is 0.00838. The zero-order valence-corrected chi connectivity index (χ0v) is 14.6. The SMILES string of the molecule is Cc1ccnc(CC(C)N(C)C(=O)NCc2ccc(C)c(F)c2)c1. The molecule has 4 nitrogen and oxygen atoms in total. The monoisotopic (exact) mass is 329 g/mol. The van der Waals surface area contributed by atoms with Gasteiger partial charge in [0.25, 0.3) is 0 Å². The van der Waals surface area contributed by atoms with Crippen molar-refractivity contribution < 1.29 is 9.18 Å². The Morgan fingerprint density at radius 2 is 2.04 bits per heavy atom. The third-order valence-electron chi connectivity index (χ3n) is 4.14. The molecule has 1 N–H and O–H groups in total. The number of aromatic nitrogens is 1. The number of carbonyl (C=O) groups is 1. The molecule has 2 rings (SSSR count). The van der Waals surface area contributed by atoms with Crippen molar-refractivity contribution in [2.75, 3.05) is 7.05 Å². The van der Waals surface area contributed by atoms with Crippen LogP contribution in [0.25, 0.3) is 0 Å². The molecule has 1 unspecified atom stereocenters. The van der Waals surface area contributed by atoms with Crippen LogP contribution in [0.15, 0.2) is 36.5 Å². The standard InChI is InChI=1S/C19H24FN3O/c1-13-7-8-21-17(9-13)10-15(3)23(4)19(24)22-12-16-6-5-14(2)18(20)11-16/h5-9,11,15H,10,12H2,1-4H3,(H,22,24). The number of carbonyl (C=O) groups excluding carboxylic acids is 1. The molecule has 0 bridgehead atoms. The molecule has 2 amide bonds. The van der Waals surface area contributed by atoms with E-state index in [1.54, 1.807) is 31.1 Å². The van der Waals surface area contributed by atoms with Gasteiger partial charge in [0.05, 0.1) is 0 Å². The first-order valence-electron chi connectivity index (χ1n) is 8.04. The fraction of sp³-hybridized carbons (Fsp3) is 0.368. The van der Waals surface area contributed by atoms with Gasteiger partial charge < -0.3 is 10.2 Å². The minimum Gasteiger partial charge on any atom is -0.334 e. The molecule has 0 saturated heterocycles. The number of pyridine rings is 1.